The Balaban J connectivity index is 1.61. The van der Waals surface area contributed by atoms with Crippen molar-refractivity contribution < 1.29 is 9.59 Å². The fourth-order valence-corrected chi connectivity index (χ4v) is 4.44. The summed E-state index contributed by atoms with van der Waals surface area (Å²) in [5, 5.41) is 2.89. The van der Waals surface area contributed by atoms with E-state index in [1.165, 1.54) is 17.3 Å². The highest BCUT2D eigenvalue weighted by atomic mass is 32.2. The molecule has 3 rings (SSSR count). The smallest absolute Gasteiger partial charge is 0.254 e. The highest BCUT2D eigenvalue weighted by molar-refractivity contribution is 8.00. The predicted molar refractivity (Wildman–Crippen MR) is 115 cm³/mol. The minimum absolute atomic E-state index is 0.00840. The number of nitrogens with one attached hydrogen (secondary N) is 1. The van der Waals surface area contributed by atoms with E-state index in [2.05, 4.69) is 29.6 Å². The number of rotatable bonds is 6. The molecule has 5 heteroatoms. The number of nitrogens with zero attached hydrogens (tertiary/aromatic N) is 1. The zero-order chi connectivity index (χ0) is 19.9. The summed E-state index contributed by atoms with van der Waals surface area (Å²) in [4.78, 5) is 27.9. The van der Waals surface area contributed by atoms with Gasteiger partial charge in [-0.15, -0.1) is 11.8 Å². The standard InChI is InChI=1S/C23H28N2O2S/c1-17(2)24-22(26)16-28-21-11-7-6-10-20(21)23(27)25-14-12-19(13-15-25)18-8-4-3-5-9-18/h3-11,17,19H,12-16H2,1-2H3,(H,24,26). The fourth-order valence-electron chi connectivity index (χ4n) is 3.59. The molecular weight excluding hydrogens is 368 g/mol. The molecule has 0 bridgehead atoms. The Labute approximate surface area is 171 Å². The minimum atomic E-state index is -0.00840. The van der Waals surface area contributed by atoms with Crippen LogP contribution in [0.15, 0.2) is 59.5 Å². The summed E-state index contributed by atoms with van der Waals surface area (Å²) in [5.74, 6) is 0.901. The average molecular weight is 397 g/mol. The van der Waals surface area contributed by atoms with Gasteiger partial charge in [-0.3, -0.25) is 9.59 Å². The molecule has 2 aromatic carbocycles. The first kappa shape index (κ1) is 20.5. The summed E-state index contributed by atoms with van der Waals surface area (Å²) < 4.78 is 0. The SMILES string of the molecule is CC(C)NC(=O)CSc1ccccc1C(=O)N1CCC(c2ccccc2)CC1. The van der Waals surface area contributed by atoms with Crippen molar-refractivity contribution in [2.24, 2.45) is 0 Å². The number of likely N-dealkylation sites (tertiary alicyclic amines) is 1. The topological polar surface area (TPSA) is 49.4 Å². The third-order valence-corrected chi connectivity index (χ3v) is 6.05. The van der Waals surface area contributed by atoms with Crippen LogP contribution in [0.4, 0.5) is 0 Å². The van der Waals surface area contributed by atoms with Gasteiger partial charge in [-0.05, 0) is 50.3 Å². The summed E-state index contributed by atoms with van der Waals surface area (Å²) in [6.07, 6.45) is 1.98. The molecule has 0 unspecified atom stereocenters. The second kappa shape index (κ2) is 9.78. The predicted octanol–water partition coefficient (Wildman–Crippen LogP) is 4.32. The largest absolute Gasteiger partial charge is 0.353 e. The van der Waals surface area contributed by atoms with E-state index < -0.39 is 0 Å². The third-order valence-electron chi connectivity index (χ3n) is 4.98. The van der Waals surface area contributed by atoms with Crippen LogP contribution in [0, 0.1) is 0 Å². The van der Waals surface area contributed by atoms with Gasteiger partial charge in [0, 0.05) is 24.0 Å². The van der Waals surface area contributed by atoms with Gasteiger partial charge in [0.2, 0.25) is 5.91 Å². The van der Waals surface area contributed by atoms with Gasteiger partial charge in [0.15, 0.2) is 0 Å². The summed E-state index contributed by atoms with van der Waals surface area (Å²) >= 11 is 1.43. The molecule has 0 atom stereocenters. The zero-order valence-electron chi connectivity index (χ0n) is 16.6. The average Bonchev–Trinajstić information content (AvgIpc) is 2.72. The van der Waals surface area contributed by atoms with Crippen molar-refractivity contribution in [2.45, 2.75) is 43.5 Å². The molecule has 1 aliphatic rings. The summed E-state index contributed by atoms with van der Waals surface area (Å²) in [6, 6.07) is 18.3. The molecule has 4 nitrogen and oxygen atoms in total. The van der Waals surface area contributed by atoms with Gasteiger partial charge in [-0.2, -0.15) is 0 Å². The van der Waals surface area contributed by atoms with Crippen molar-refractivity contribution in [3.63, 3.8) is 0 Å². The summed E-state index contributed by atoms with van der Waals surface area (Å²) in [5.41, 5.74) is 2.06. The molecule has 1 fully saturated rings. The molecule has 0 radical (unpaired) electrons. The maximum Gasteiger partial charge on any atom is 0.254 e. The van der Waals surface area contributed by atoms with Gasteiger partial charge in [-0.1, -0.05) is 42.5 Å². The Morgan fingerprint density at radius 1 is 1.04 bits per heavy atom. The molecule has 0 saturated carbocycles. The van der Waals surface area contributed by atoms with Crippen molar-refractivity contribution >= 4 is 23.6 Å². The second-order valence-corrected chi connectivity index (χ2v) is 8.50. The number of thioether (sulfide) groups is 1. The number of hydrogen-bond acceptors (Lipinski definition) is 3. The molecule has 28 heavy (non-hydrogen) atoms. The molecule has 1 saturated heterocycles. The van der Waals surface area contributed by atoms with Gasteiger partial charge < -0.3 is 10.2 Å². The molecule has 1 N–H and O–H groups in total. The molecular formula is C23H28N2O2S. The Hall–Kier alpha value is -2.27. The van der Waals surface area contributed by atoms with E-state index in [9.17, 15) is 9.59 Å². The minimum Gasteiger partial charge on any atom is -0.353 e. The van der Waals surface area contributed by atoms with Gasteiger partial charge in [-0.25, -0.2) is 0 Å². The summed E-state index contributed by atoms with van der Waals surface area (Å²) in [6.45, 7) is 5.43. The highest BCUT2D eigenvalue weighted by Gasteiger charge is 2.25. The molecule has 0 aromatic heterocycles. The summed E-state index contributed by atoms with van der Waals surface area (Å²) in [7, 11) is 0. The molecule has 1 heterocycles. The molecule has 0 aliphatic carbocycles. The van der Waals surface area contributed by atoms with Crippen molar-refractivity contribution in [3.8, 4) is 0 Å². The molecule has 148 valence electrons. The lowest BCUT2D eigenvalue weighted by Gasteiger charge is -2.32. The van der Waals surface area contributed by atoms with Gasteiger partial charge >= 0.3 is 0 Å². The first-order valence-electron chi connectivity index (χ1n) is 9.90. The normalized spacial score (nSPS) is 14.9. The van der Waals surface area contributed by atoms with Crippen molar-refractivity contribution in [3.05, 3.63) is 65.7 Å². The van der Waals surface area contributed by atoms with Crippen LogP contribution in [0.1, 0.15) is 48.5 Å². The first-order chi connectivity index (χ1) is 13.5. The number of hydrogen-bond donors (Lipinski definition) is 1. The van der Waals surface area contributed by atoms with Gasteiger partial charge in [0.1, 0.15) is 0 Å². The van der Waals surface area contributed by atoms with Gasteiger partial charge in [0.25, 0.3) is 5.91 Å². The number of carbonyl (C=O) groups excluding carboxylic acids is 2. The van der Waals surface area contributed by atoms with E-state index in [1.807, 2.05) is 49.1 Å². The second-order valence-electron chi connectivity index (χ2n) is 7.48. The Kier molecular flexibility index (Phi) is 7.15. The molecule has 2 amide bonds. The number of carbonyl (C=O) groups is 2. The van der Waals surface area contributed by atoms with Crippen LogP contribution in [0.3, 0.4) is 0 Å². The Morgan fingerprint density at radius 2 is 1.68 bits per heavy atom. The fraction of sp³-hybridized carbons (Fsp3) is 0.391. The highest BCUT2D eigenvalue weighted by Crippen LogP contribution is 2.30. The molecule has 2 aromatic rings. The van der Waals surface area contributed by atoms with Gasteiger partial charge in [0.05, 0.1) is 11.3 Å². The maximum atomic E-state index is 13.1. The van der Waals surface area contributed by atoms with Crippen LogP contribution < -0.4 is 5.32 Å². The monoisotopic (exact) mass is 396 g/mol. The molecule has 1 aliphatic heterocycles. The van der Waals surface area contributed by atoms with Crippen molar-refractivity contribution in [1.82, 2.24) is 10.2 Å². The lowest BCUT2D eigenvalue weighted by atomic mass is 9.89. The first-order valence-corrected chi connectivity index (χ1v) is 10.9. The van der Waals surface area contributed by atoms with E-state index in [0.29, 0.717) is 17.2 Å². The van der Waals surface area contributed by atoms with Crippen LogP contribution in [-0.2, 0) is 4.79 Å². The van der Waals surface area contributed by atoms with E-state index in [0.717, 1.165) is 30.8 Å². The van der Waals surface area contributed by atoms with E-state index in [1.54, 1.807) is 0 Å². The zero-order valence-corrected chi connectivity index (χ0v) is 17.4. The Morgan fingerprint density at radius 3 is 2.36 bits per heavy atom. The van der Waals surface area contributed by atoms with E-state index >= 15 is 0 Å². The van der Waals surface area contributed by atoms with Crippen molar-refractivity contribution in [2.75, 3.05) is 18.8 Å². The third kappa shape index (κ3) is 5.38. The van der Waals surface area contributed by atoms with Crippen LogP contribution in [0.25, 0.3) is 0 Å². The van der Waals surface area contributed by atoms with E-state index in [4.69, 9.17) is 0 Å². The van der Waals surface area contributed by atoms with Crippen molar-refractivity contribution in [1.29, 1.82) is 0 Å². The number of benzene rings is 2. The number of amides is 2. The lowest BCUT2D eigenvalue weighted by molar-refractivity contribution is -0.119. The number of piperidine rings is 1. The van der Waals surface area contributed by atoms with Crippen LogP contribution in [0.2, 0.25) is 0 Å². The lowest BCUT2D eigenvalue weighted by Crippen LogP contribution is -2.38. The maximum absolute atomic E-state index is 13.1. The van der Waals surface area contributed by atoms with E-state index in [-0.39, 0.29) is 17.9 Å². The quantitative estimate of drug-likeness (QED) is 0.740. The molecule has 0 spiro atoms. The van der Waals surface area contributed by atoms with Crippen LogP contribution in [-0.4, -0.2) is 41.6 Å². The van der Waals surface area contributed by atoms with Crippen LogP contribution >= 0.6 is 11.8 Å². The van der Waals surface area contributed by atoms with Crippen LogP contribution in [0.5, 0.6) is 0 Å². The Bertz CT molecular complexity index is 799.